The number of phenolic OH excluding ortho intramolecular Hbond substituents is 1. The highest BCUT2D eigenvalue weighted by molar-refractivity contribution is 7.12. The Labute approximate surface area is 320 Å². The van der Waals surface area contributed by atoms with Gasteiger partial charge in [0, 0.05) is 31.1 Å². The molecule has 2 aliphatic rings. The fourth-order valence-electron chi connectivity index (χ4n) is 8.21. The zero-order valence-corrected chi connectivity index (χ0v) is 31.5. The maximum atomic E-state index is 13.4. The van der Waals surface area contributed by atoms with Crippen molar-refractivity contribution >= 4 is 50.6 Å². The quantitative estimate of drug-likeness (QED) is 0.0958. The Morgan fingerprint density at radius 1 is 1.04 bits per heavy atom. The first-order chi connectivity index (χ1) is 26.2. The number of aromatic amines is 1. The Bertz CT molecular complexity index is 2250. The van der Waals surface area contributed by atoms with Crippen molar-refractivity contribution in [2.75, 3.05) is 26.2 Å². The van der Waals surface area contributed by atoms with E-state index in [9.17, 15) is 24.9 Å². The van der Waals surface area contributed by atoms with Crippen LogP contribution >= 0.6 is 22.7 Å². The third-order valence-electron chi connectivity index (χ3n) is 11.1. The smallest absolute Gasteiger partial charge is 0.349 e. The number of aliphatic hydroxyl groups excluding tert-OH is 1. The van der Waals surface area contributed by atoms with Crippen LogP contribution in [0.5, 0.6) is 5.75 Å². The molecule has 2 fully saturated rings. The van der Waals surface area contributed by atoms with Crippen molar-refractivity contribution in [2.24, 2.45) is 5.41 Å². The minimum absolute atomic E-state index is 0.0374. The van der Waals surface area contributed by atoms with Crippen LogP contribution in [0.25, 0.3) is 21.9 Å². The number of likely N-dealkylation sites (tertiary alicyclic amines) is 1. The molecule has 0 bridgehead atoms. The minimum Gasteiger partial charge on any atom is -0.506 e. The zero-order chi connectivity index (χ0) is 37.3. The number of nitrogens with zero attached hydrogens (tertiary/aromatic N) is 4. The first kappa shape index (κ1) is 36.5. The van der Waals surface area contributed by atoms with Crippen molar-refractivity contribution in [1.29, 1.82) is 0 Å². The zero-order valence-electron chi connectivity index (χ0n) is 29.8. The van der Waals surface area contributed by atoms with Crippen molar-refractivity contribution < 1.29 is 24.9 Å². The van der Waals surface area contributed by atoms with E-state index in [1.165, 1.54) is 34.8 Å². The predicted octanol–water partition coefficient (Wildman–Crippen LogP) is 5.43. The Morgan fingerprint density at radius 2 is 1.83 bits per heavy atom. The molecule has 12 nitrogen and oxygen atoms in total. The number of carbonyl (C=O) groups excluding carboxylic acids is 1. The fourth-order valence-corrected chi connectivity index (χ4v) is 9.92. The molecule has 1 saturated carbocycles. The molecule has 1 aliphatic heterocycles. The van der Waals surface area contributed by atoms with Crippen molar-refractivity contribution in [3.8, 4) is 5.75 Å². The number of aromatic nitrogens is 4. The summed E-state index contributed by atoms with van der Waals surface area (Å²) >= 11 is 2.73. The lowest BCUT2D eigenvalue weighted by Gasteiger charge is -2.47. The summed E-state index contributed by atoms with van der Waals surface area (Å²) in [6, 6.07) is 19.5. The van der Waals surface area contributed by atoms with Gasteiger partial charge in [-0.3, -0.25) is 4.79 Å². The van der Waals surface area contributed by atoms with E-state index < -0.39 is 17.7 Å². The van der Waals surface area contributed by atoms with E-state index in [2.05, 4.69) is 25.5 Å². The number of aryl methyl sites for hydroxylation is 1. The van der Waals surface area contributed by atoms with Gasteiger partial charge in [-0.25, -0.2) is 9.48 Å². The van der Waals surface area contributed by atoms with Crippen LogP contribution in [0, 0.1) is 5.41 Å². The standard InChI is InChI=1S/C40H44N6O6S2/c47-32-11-8-28(29-9-12-36(49)42-37(29)32)33(48)25-41-24-26-7-10-31-30(21-26)43-44-46(31)17-4-16-45-15-3-13-39(14-18-45)22-27(23-39)52-38(50)40(51,34-5-1-19-53-34)35-6-2-20-54-35/h1-2,5-12,19-21,27,33,41,47-48,51H,3-4,13-18,22-25H2,(H,42,49)/t27?,33-,39?/m0/s1. The molecule has 54 heavy (non-hydrogen) atoms. The molecule has 6 aromatic rings. The highest BCUT2D eigenvalue weighted by Crippen LogP contribution is 2.51. The number of nitrogens with one attached hydrogen (secondary N) is 2. The lowest BCUT2D eigenvalue weighted by atomic mass is 9.62. The Kier molecular flexibility index (Phi) is 10.4. The topological polar surface area (TPSA) is 166 Å². The van der Waals surface area contributed by atoms with Crippen LogP contribution in [0.2, 0.25) is 0 Å². The van der Waals surface area contributed by atoms with Crippen molar-refractivity contribution in [1.82, 2.24) is 30.2 Å². The van der Waals surface area contributed by atoms with Gasteiger partial charge in [-0.05, 0) is 122 Å². The second-order valence-corrected chi connectivity index (χ2v) is 16.6. The number of fused-ring (bicyclic) bond motifs is 2. The second kappa shape index (κ2) is 15.4. The van der Waals surface area contributed by atoms with E-state index in [0.29, 0.717) is 32.8 Å². The highest BCUT2D eigenvalue weighted by Gasteiger charge is 2.50. The molecule has 1 atom stereocenters. The van der Waals surface area contributed by atoms with Crippen molar-refractivity contribution in [3.05, 3.63) is 109 Å². The molecule has 282 valence electrons. The molecule has 5 N–H and O–H groups in total. The van der Waals surface area contributed by atoms with E-state index >= 15 is 0 Å². The van der Waals surface area contributed by atoms with E-state index in [1.807, 2.05) is 45.8 Å². The van der Waals surface area contributed by atoms with Crippen LogP contribution in [0.1, 0.15) is 65.5 Å². The molecular formula is C40H44N6O6S2. The summed E-state index contributed by atoms with van der Waals surface area (Å²) in [4.78, 5) is 31.5. The van der Waals surface area contributed by atoms with Gasteiger partial charge in [-0.2, -0.15) is 0 Å². The fraction of sp³-hybridized carbons (Fsp3) is 0.400. The Morgan fingerprint density at radius 3 is 2.59 bits per heavy atom. The predicted molar refractivity (Wildman–Crippen MR) is 209 cm³/mol. The number of aromatic hydroxyl groups is 1. The lowest BCUT2D eigenvalue weighted by Crippen LogP contribution is -2.47. The van der Waals surface area contributed by atoms with Gasteiger partial charge >= 0.3 is 5.97 Å². The molecule has 2 aromatic carbocycles. The molecule has 4 aromatic heterocycles. The summed E-state index contributed by atoms with van der Waals surface area (Å²) in [5, 5.41) is 49.1. The molecule has 1 saturated heterocycles. The van der Waals surface area contributed by atoms with Gasteiger partial charge in [-0.15, -0.1) is 27.8 Å². The van der Waals surface area contributed by atoms with E-state index in [0.717, 1.165) is 81.3 Å². The lowest BCUT2D eigenvalue weighted by molar-refractivity contribution is -0.179. The van der Waals surface area contributed by atoms with Gasteiger partial charge < -0.3 is 35.3 Å². The first-order valence-electron chi connectivity index (χ1n) is 18.5. The molecule has 0 radical (unpaired) electrons. The van der Waals surface area contributed by atoms with Crippen LogP contribution < -0.4 is 10.9 Å². The summed E-state index contributed by atoms with van der Waals surface area (Å²) in [5.74, 6) is -0.613. The summed E-state index contributed by atoms with van der Waals surface area (Å²) in [7, 11) is 0. The number of benzene rings is 2. The summed E-state index contributed by atoms with van der Waals surface area (Å²) in [6.07, 6.45) is 4.95. The number of esters is 1. The molecule has 0 amide bonds. The average molecular weight is 769 g/mol. The SMILES string of the molecule is O=C(OC1CC2(CCCN(CCCn3nnc4cc(CNC[C@H](O)c5ccc(O)c6[nH]c(=O)ccc56)ccc43)CC2)C1)C(O)(c1cccs1)c1cccs1. The van der Waals surface area contributed by atoms with Gasteiger partial charge in [0.15, 0.2) is 0 Å². The van der Waals surface area contributed by atoms with Crippen LogP contribution in [0.4, 0.5) is 0 Å². The number of hydrogen-bond acceptors (Lipinski definition) is 12. The maximum absolute atomic E-state index is 13.4. The maximum Gasteiger partial charge on any atom is 0.349 e. The minimum atomic E-state index is -1.76. The molecule has 1 spiro atoms. The molecular weight excluding hydrogens is 725 g/mol. The highest BCUT2D eigenvalue weighted by atomic mass is 32.1. The number of ether oxygens (including phenoxy) is 1. The van der Waals surface area contributed by atoms with Gasteiger partial charge in [0.25, 0.3) is 0 Å². The second-order valence-electron chi connectivity index (χ2n) is 14.7. The van der Waals surface area contributed by atoms with Crippen LogP contribution in [-0.4, -0.2) is 78.4 Å². The Balaban J connectivity index is 0.789. The van der Waals surface area contributed by atoms with Gasteiger partial charge in [0.1, 0.15) is 17.4 Å². The van der Waals surface area contributed by atoms with Gasteiger partial charge in [0.2, 0.25) is 11.2 Å². The normalized spacial score (nSPS) is 19.9. The monoisotopic (exact) mass is 768 g/mol. The number of thiophene rings is 2. The van der Waals surface area contributed by atoms with Gasteiger partial charge in [-0.1, -0.05) is 29.5 Å². The number of pyridine rings is 1. The first-order valence-corrected chi connectivity index (χ1v) is 20.3. The Hall–Kier alpha value is -4.44. The summed E-state index contributed by atoms with van der Waals surface area (Å²) in [6.45, 7) is 4.62. The third-order valence-corrected chi connectivity index (χ3v) is 13.1. The largest absolute Gasteiger partial charge is 0.506 e. The number of H-pyrrole nitrogens is 1. The number of phenols is 1. The summed E-state index contributed by atoms with van der Waals surface area (Å²) in [5.41, 5.74) is 1.88. The third kappa shape index (κ3) is 7.33. The molecule has 8 rings (SSSR count). The summed E-state index contributed by atoms with van der Waals surface area (Å²) < 4.78 is 7.94. The number of hydrogen-bond donors (Lipinski definition) is 5. The van der Waals surface area contributed by atoms with Crippen LogP contribution in [0.15, 0.2) is 82.3 Å². The van der Waals surface area contributed by atoms with E-state index in [-0.39, 0.29) is 29.4 Å². The van der Waals surface area contributed by atoms with E-state index in [4.69, 9.17) is 4.74 Å². The van der Waals surface area contributed by atoms with Crippen LogP contribution in [-0.2, 0) is 28.2 Å². The molecule has 1 aliphatic carbocycles. The molecule has 5 heterocycles. The molecule has 0 unspecified atom stereocenters. The van der Waals surface area contributed by atoms with E-state index in [1.54, 1.807) is 24.3 Å². The van der Waals surface area contributed by atoms with Crippen molar-refractivity contribution in [2.45, 2.75) is 69.4 Å². The van der Waals surface area contributed by atoms with Gasteiger partial charge in [0.05, 0.1) is 26.9 Å². The number of aliphatic hydroxyl groups is 2. The van der Waals surface area contributed by atoms with Crippen molar-refractivity contribution in [3.63, 3.8) is 0 Å². The average Bonchev–Trinajstić information content (AvgIpc) is 3.94. The van der Waals surface area contributed by atoms with Crippen LogP contribution in [0.3, 0.4) is 0 Å². The molecule has 14 heteroatoms. The number of carbonyl (C=O) groups is 1. The number of rotatable bonds is 13.